The van der Waals surface area contributed by atoms with E-state index in [9.17, 15) is 4.79 Å². The van der Waals surface area contributed by atoms with Crippen LogP contribution in [0.2, 0.25) is 0 Å². The maximum absolute atomic E-state index is 12.3. The van der Waals surface area contributed by atoms with Gasteiger partial charge in [-0.15, -0.1) is 11.6 Å². The molecule has 0 spiro atoms. The second-order valence-corrected chi connectivity index (χ2v) is 7.88. The smallest absolute Gasteiger partial charge is 0.223 e. The first-order valence-corrected chi connectivity index (χ1v) is 8.61. The van der Waals surface area contributed by atoms with E-state index in [4.69, 9.17) is 11.6 Å². The average molecular weight is 282 g/mol. The molecule has 1 amide bonds. The number of rotatable bonds is 3. The van der Waals surface area contributed by atoms with E-state index in [0.29, 0.717) is 17.7 Å². The van der Waals surface area contributed by atoms with Crippen LogP contribution < -0.4 is 5.32 Å². The Morgan fingerprint density at radius 3 is 2.42 bits per heavy atom. The van der Waals surface area contributed by atoms with E-state index in [1.807, 2.05) is 0 Å². The van der Waals surface area contributed by atoms with Crippen molar-refractivity contribution in [3.8, 4) is 0 Å². The molecule has 0 aromatic heterocycles. The van der Waals surface area contributed by atoms with Crippen molar-refractivity contribution in [3.05, 3.63) is 0 Å². The van der Waals surface area contributed by atoms with E-state index in [0.717, 1.165) is 36.6 Å². The molecule has 0 saturated heterocycles. The Balaban J connectivity index is 1.29. The van der Waals surface area contributed by atoms with Crippen LogP contribution in [0.5, 0.6) is 0 Å². The van der Waals surface area contributed by atoms with Crippen molar-refractivity contribution in [2.75, 3.05) is 6.54 Å². The number of halogens is 1. The lowest BCUT2D eigenvalue weighted by atomic mass is 9.88. The van der Waals surface area contributed by atoms with Gasteiger partial charge in [-0.1, -0.05) is 12.8 Å². The molecule has 0 heterocycles. The van der Waals surface area contributed by atoms with E-state index >= 15 is 0 Å². The summed E-state index contributed by atoms with van der Waals surface area (Å²) in [5.41, 5.74) is 0. The van der Waals surface area contributed by atoms with E-state index < -0.39 is 0 Å². The maximum atomic E-state index is 12.3. The van der Waals surface area contributed by atoms with E-state index in [1.54, 1.807) is 0 Å². The molecule has 6 atom stereocenters. The molecular formula is C16H24ClNO. The van der Waals surface area contributed by atoms with Gasteiger partial charge in [0.05, 0.1) is 0 Å². The van der Waals surface area contributed by atoms with Crippen molar-refractivity contribution in [2.24, 2.45) is 35.5 Å². The van der Waals surface area contributed by atoms with Crippen LogP contribution >= 0.6 is 11.6 Å². The van der Waals surface area contributed by atoms with E-state index in [1.165, 1.54) is 38.5 Å². The molecule has 4 fully saturated rings. The average Bonchev–Trinajstić information content (AvgIpc) is 2.86. The third-order valence-electron chi connectivity index (χ3n) is 6.39. The van der Waals surface area contributed by atoms with Gasteiger partial charge in [-0.3, -0.25) is 4.79 Å². The molecule has 106 valence electrons. The number of amides is 1. The molecule has 0 aromatic rings. The number of carbonyl (C=O) groups excluding carboxylic acids is 1. The fourth-order valence-corrected chi connectivity index (χ4v) is 5.79. The molecule has 4 aliphatic carbocycles. The minimum Gasteiger partial charge on any atom is -0.356 e. The van der Waals surface area contributed by atoms with Crippen LogP contribution in [0.15, 0.2) is 0 Å². The number of fused-ring (bicyclic) bond motifs is 5. The molecule has 3 heteroatoms. The Labute approximate surface area is 120 Å². The third-order valence-corrected chi connectivity index (χ3v) is 6.97. The van der Waals surface area contributed by atoms with E-state index in [-0.39, 0.29) is 5.38 Å². The standard InChI is InChI=1S/C16H24ClNO/c17-12-4-2-1-3-11(12)8-18-16(19)15-13-9-5-6-10(7-9)14(13)15/h9-15H,1-8H2,(H,18,19). The number of hydrogen-bond donors (Lipinski definition) is 1. The Hall–Kier alpha value is -0.240. The van der Waals surface area contributed by atoms with Crippen molar-refractivity contribution < 1.29 is 4.79 Å². The highest BCUT2D eigenvalue weighted by molar-refractivity contribution is 6.20. The van der Waals surface area contributed by atoms with Gasteiger partial charge in [0.1, 0.15) is 0 Å². The predicted molar refractivity (Wildman–Crippen MR) is 75.9 cm³/mol. The van der Waals surface area contributed by atoms with Crippen molar-refractivity contribution >= 4 is 17.5 Å². The molecule has 4 saturated carbocycles. The van der Waals surface area contributed by atoms with Crippen LogP contribution in [-0.2, 0) is 4.79 Å². The van der Waals surface area contributed by atoms with Crippen LogP contribution in [0.25, 0.3) is 0 Å². The Morgan fingerprint density at radius 1 is 1.05 bits per heavy atom. The molecular weight excluding hydrogens is 258 g/mol. The van der Waals surface area contributed by atoms with Crippen LogP contribution in [0, 0.1) is 35.5 Å². The lowest BCUT2D eigenvalue weighted by molar-refractivity contribution is -0.123. The first-order valence-electron chi connectivity index (χ1n) is 8.17. The zero-order valence-electron chi connectivity index (χ0n) is 11.5. The summed E-state index contributed by atoms with van der Waals surface area (Å²) in [7, 11) is 0. The summed E-state index contributed by atoms with van der Waals surface area (Å²) in [5.74, 6) is 4.54. The van der Waals surface area contributed by atoms with Crippen LogP contribution in [0.3, 0.4) is 0 Å². The second-order valence-electron chi connectivity index (χ2n) is 7.32. The fourth-order valence-electron chi connectivity index (χ4n) is 5.42. The van der Waals surface area contributed by atoms with Crippen LogP contribution in [0.1, 0.15) is 44.9 Å². The lowest BCUT2D eigenvalue weighted by Gasteiger charge is -2.27. The fraction of sp³-hybridized carbons (Fsp3) is 0.938. The minimum absolute atomic E-state index is 0.281. The molecule has 4 aliphatic rings. The van der Waals surface area contributed by atoms with Gasteiger partial charge in [0.15, 0.2) is 0 Å². The lowest BCUT2D eigenvalue weighted by Crippen LogP contribution is -2.36. The first-order chi connectivity index (χ1) is 9.25. The highest BCUT2D eigenvalue weighted by atomic mass is 35.5. The van der Waals surface area contributed by atoms with E-state index in [2.05, 4.69) is 5.32 Å². The highest BCUT2D eigenvalue weighted by Gasteiger charge is 2.67. The Morgan fingerprint density at radius 2 is 1.74 bits per heavy atom. The second kappa shape index (κ2) is 4.65. The number of carbonyl (C=O) groups is 1. The molecule has 0 aromatic carbocycles. The topological polar surface area (TPSA) is 29.1 Å². The van der Waals surface area contributed by atoms with Crippen molar-refractivity contribution in [1.82, 2.24) is 5.32 Å². The third kappa shape index (κ3) is 2.02. The number of hydrogen-bond acceptors (Lipinski definition) is 1. The summed E-state index contributed by atoms with van der Waals surface area (Å²) in [4.78, 5) is 12.3. The summed E-state index contributed by atoms with van der Waals surface area (Å²) < 4.78 is 0. The minimum atomic E-state index is 0.281. The summed E-state index contributed by atoms with van der Waals surface area (Å²) in [5, 5.41) is 3.50. The summed E-state index contributed by atoms with van der Waals surface area (Å²) in [6, 6.07) is 0. The van der Waals surface area contributed by atoms with Gasteiger partial charge in [0.25, 0.3) is 0 Å². The van der Waals surface area contributed by atoms with Gasteiger partial charge < -0.3 is 5.32 Å². The van der Waals surface area contributed by atoms with Crippen molar-refractivity contribution in [3.63, 3.8) is 0 Å². The monoisotopic (exact) mass is 281 g/mol. The summed E-state index contributed by atoms with van der Waals surface area (Å²) in [6.45, 7) is 0.818. The Kier molecular flexibility index (Phi) is 3.06. The molecule has 2 bridgehead atoms. The zero-order valence-corrected chi connectivity index (χ0v) is 12.2. The highest BCUT2D eigenvalue weighted by Crippen LogP contribution is 2.69. The van der Waals surface area contributed by atoms with Gasteiger partial charge in [0.2, 0.25) is 5.91 Å². The molecule has 2 nitrogen and oxygen atoms in total. The molecule has 19 heavy (non-hydrogen) atoms. The molecule has 4 rings (SSSR count). The number of alkyl halides is 1. The van der Waals surface area contributed by atoms with Gasteiger partial charge in [-0.05, 0) is 61.7 Å². The molecule has 6 unspecified atom stereocenters. The summed E-state index contributed by atoms with van der Waals surface area (Å²) in [6.07, 6.45) is 9.06. The van der Waals surface area contributed by atoms with Crippen LogP contribution in [-0.4, -0.2) is 17.8 Å². The molecule has 0 aliphatic heterocycles. The molecule has 1 N–H and O–H groups in total. The van der Waals surface area contributed by atoms with Crippen LogP contribution in [0.4, 0.5) is 0 Å². The van der Waals surface area contributed by atoms with Gasteiger partial charge in [0, 0.05) is 17.8 Å². The molecule has 0 radical (unpaired) electrons. The normalized spacial score (nSPS) is 50.9. The summed E-state index contributed by atoms with van der Waals surface area (Å²) >= 11 is 6.36. The van der Waals surface area contributed by atoms with Gasteiger partial charge in [-0.25, -0.2) is 0 Å². The van der Waals surface area contributed by atoms with Gasteiger partial charge in [-0.2, -0.15) is 0 Å². The predicted octanol–water partition coefficient (Wildman–Crippen LogP) is 3.19. The Bertz CT molecular complexity index is 369. The SMILES string of the molecule is O=C(NCC1CCCCC1Cl)C1C2C3CCC(C3)C12. The quantitative estimate of drug-likeness (QED) is 0.791. The zero-order chi connectivity index (χ0) is 13.0. The van der Waals surface area contributed by atoms with Crippen molar-refractivity contribution in [2.45, 2.75) is 50.3 Å². The van der Waals surface area contributed by atoms with Gasteiger partial charge >= 0.3 is 0 Å². The number of nitrogens with one attached hydrogen (secondary N) is 1. The van der Waals surface area contributed by atoms with Crippen molar-refractivity contribution in [1.29, 1.82) is 0 Å². The largest absolute Gasteiger partial charge is 0.356 e. The maximum Gasteiger partial charge on any atom is 0.223 e. The first kappa shape index (κ1) is 12.5.